The van der Waals surface area contributed by atoms with Crippen LogP contribution in [0.5, 0.6) is 0 Å². The van der Waals surface area contributed by atoms with Gasteiger partial charge in [-0.25, -0.2) is 13.4 Å². The summed E-state index contributed by atoms with van der Waals surface area (Å²) in [4.78, 5) is 17.0. The van der Waals surface area contributed by atoms with Crippen LogP contribution in [-0.2, 0) is 26.1 Å². The molecule has 1 N–H and O–H groups in total. The van der Waals surface area contributed by atoms with E-state index in [9.17, 15) is 13.2 Å². The van der Waals surface area contributed by atoms with Crippen molar-refractivity contribution in [2.75, 3.05) is 37.4 Å². The molecular weight excluding hydrogens is 442 g/mol. The van der Waals surface area contributed by atoms with Gasteiger partial charge in [0, 0.05) is 25.7 Å². The highest BCUT2D eigenvalue weighted by molar-refractivity contribution is 7.99. The third-order valence-corrected chi connectivity index (χ3v) is 7.71. The van der Waals surface area contributed by atoms with E-state index in [1.165, 1.54) is 16.1 Å². The quantitative estimate of drug-likeness (QED) is 0.527. The van der Waals surface area contributed by atoms with Crippen molar-refractivity contribution < 1.29 is 22.5 Å². The van der Waals surface area contributed by atoms with Crippen LogP contribution >= 0.6 is 11.8 Å². The number of amides is 1. The third-order valence-electron chi connectivity index (χ3n) is 4.84. The number of ether oxygens (including phenoxy) is 1. The summed E-state index contributed by atoms with van der Waals surface area (Å²) in [6.07, 6.45) is 0. The molecule has 1 fully saturated rings. The fourth-order valence-corrected chi connectivity index (χ4v) is 5.64. The molecule has 4 rings (SSSR count). The van der Waals surface area contributed by atoms with E-state index in [0.29, 0.717) is 55.1 Å². The second-order valence-electron chi connectivity index (χ2n) is 6.97. The number of carbonyl (C=O) groups excluding carboxylic acids is 1. The molecule has 3 heterocycles. The first-order chi connectivity index (χ1) is 14.9. The SMILES string of the molecule is CCn1c(SCC(=O)Nc2cc(C)on2)nc2cc(S(=O)(=O)N3CCOCC3)ccc21. The number of nitrogens with zero attached hydrogens (tertiary/aromatic N) is 4. The normalized spacial score (nSPS) is 15.4. The number of aromatic nitrogens is 3. The Morgan fingerprint density at radius 1 is 1.26 bits per heavy atom. The first-order valence-electron chi connectivity index (χ1n) is 9.82. The van der Waals surface area contributed by atoms with Gasteiger partial charge < -0.3 is 19.1 Å². The fourth-order valence-electron chi connectivity index (χ4n) is 3.33. The predicted molar refractivity (Wildman–Crippen MR) is 116 cm³/mol. The van der Waals surface area contributed by atoms with Gasteiger partial charge in [0.05, 0.1) is 34.9 Å². The second-order valence-corrected chi connectivity index (χ2v) is 9.85. The van der Waals surface area contributed by atoms with Crippen LogP contribution in [-0.4, -0.2) is 65.4 Å². The lowest BCUT2D eigenvalue weighted by atomic mass is 10.3. The molecule has 0 unspecified atom stereocenters. The highest BCUT2D eigenvalue weighted by atomic mass is 32.2. The molecule has 1 saturated heterocycles. The summed E-state index contributed by atoms with van der Waals surface area (Å²) in [7, 11) is -3.60. The van der Waals surface area contributed by atoms with Gasteiger partial charge in [-0.1, -0.05) is 16.9 Å². The topological polar surface area (TPSA) is 120 Å². The van der Waals surface area contributed by atoms with E-state index in [4.69, 9.17) is 9.26 Å². The lowest BCUT2D eigenvalue weighted by molar-refractivity contribution is -0.113. The molecule has 0 radical (unpaired) electrons. The molecule has 12 heteroatoms. The molecule has 1 aliphatic rings. The van der Waals surface area contributed by atoms with Crippen LogP contribution < -0.4 is 5.32 Å². The van der Waals surface area contributed by atoms with Crippen molar-refractivity contribution >= 4 is 44.5 Å². The van der Waals surface area contributed by atoms with Crippen LogP contribution in [0.4, 0.5) is 5.82 Å². The van der Waals surface area contributed by atoms with Gasteiger partial charge in [0.1, 0.15) is 5.76 Å². The number of nitrogens with one attached hydrogen (secondary N) is 1. The molecule has 10 nitrogen and oxygen atoms in total. The van der Waals surface area contributed by atoms with Gasteiger partial charge in [0.2, 0.25) is 15.9 Å². The number of aryl methyl sites for hydroxylation is 2. The van der Waals surface area contributed by atoms with Crippen LogP contribution in [0.25, 0.3) is 11.0 Å². The summed E-state index contributed by atoms with van der Waals surface area (Å²) in [5, 5.41) is 7.06. The van der Waals surface area contributed by atoms with Gasteiger partial charge in [0.15, 0.2) is 11.0 Å². The molecule has 1 aromatic carbocycles. The molecule has 1 aliphatic heterocycles. The van der Waals surface area contributed by atoms with Crippen LogP contribution in [0.15, 0.2) is 38.8 Å². The number of anilines is 1. The lowest BCUT2D eigenvalue weighted by Crippen LogP contribution is -2.40. The maximum atomic E-state index is 12.9. The zero-order chi connectivity index (χ0) is 22.0. The number of benzene rings is 1. The number of hydrogen-bond donors (Lipinski definition) is 1. The maximum Gasteiger partial charge on any atom is 0.243 e. The first-order valence-corrected chi connectivity index (χ1v) is 12.2. The average molecular weight is 466 g/mol. The highest BCUT2D eigenvalue weighted by Gasteiger charge is 2.27. The summed E-state index contributed by atoms with van der Waals surface area (Å²) < 4.78 is 39.5. The van der Waals surface area contributed by atoms with Crippen LogP contribution in [0.2, 0.25) is 0 Å². The molecule has 3 aromatic rings. The van der Waals surface area contributed by atoms with Crippen molar-refractivity contribution in [2.45, 2.75) is 30.4 Å². The number of thioether (sulfide) groups is 1. The summed E-state index contributed by atoms with van der Waals surface area (Å²) in [5.41, 5.74) is 1.39. The van der Waals surface area contributed by atoms with E-state index in [1.54, 1.807) is 31.2 Å². The Labute approximate surface area is 184 Å². The van der Waals surface area contributed by atoms with Gasteiger partial charge in [0.25, 0.3) is 0 Å². The fraction of sp³-hybridized carbons (Fsp3) is 0.421. The summed E-state index contributed by atoms with van der Waals surface area (Å²) >= 11 is 1.28. The smallest absolute Gasteiger partial charge is 0.243 e. The van der Waals surface area contributed by atoms with Gasteiger partial charge in [-0.3, -0.25) is 4.79 Å². The Kier molecular flexibility index (Phi) is 6.32. The van der Waals surface area contributed by atoms with E-state index < -0.39 is 10.0 Å². The molecule has 0 saturated carbocycles. The zero-order valence-electron chi connectivity index (χ0n) is 17.2. The van der Waals surface area contributed by atoms with Crippen LogP contribution in [0, 0.1) is 6.92 Å². The minimum atomic E-state index is -3.60. The summed E-state index contributed by atoms with van der Waals surface area (Å²) in [5.74, 6) is 0.876. The highest BCUT2D eigenvalue weighted by Crippen LogP contribution is 2.27. The minimum Gasteiger partial charge on any atom is -0.379 e. The number of imidazole rings is 1. The lowest BCUT2D eigenvalue weighted by Gasteiger charge is -2.26. The Bertz CT molecular complexity index is 1200. The number of morpholine rings is 1. The largest absolute Gasteiger partial charge is 0.379 e. The van der Waals surface area contributed by atoms with E-state index in [1.807, 2.05) is 11.5 Å². The predicted octanol–water partition coefficient (Wildman–Crippen LogP) is 2.10. The zero-order valence-corrected chi connectivity index (χ0v) is 18.8. The Balaban J connectivity index is 1.53. The van der Waals surface area contributed by atoms with Crippen molar-refractivity contribution in [2.24, 2.45) is 0 Å². The van der Waals surface area contributed by atoms with Crippen LogP contribution in [0.3, 0.4) is 0 Å². The Morgan fingerprint density at radius 2 is 2.03 bits per heavy atom. The van der Waals surface area contributed by atoms with Gasteiger partial charge in [-0.2, -0.15) is 4.31 Å². The van der Waals surface area contributed by atoms with Crippen molar-refractivity contribution in [1.82, 2.24) is 19.0 Å². The van der Waals surface area contributed by atoms with E-state index in [-0.39, 0.29) is 16.6 Å². The first kappa shape index (κ1) is 21.8. The monoisotopic (exact) mass is 465 g/mol. The average Bonchev–Trinajstić information content (AvgIpc) is 3.34. The number of fused-ring (bicyclic) bond motifs is 1. The van der Waals surface area contributed by atoms with E-state index in [2.05, 4.69) is 15.5 Å². The molecular formula is C19H23N5O5S2. The van der Waals surface area contributed by atoms with Crippen LogP contribution in [0.1, 0.15) is 12.7 Å². The number of sulfonamides is 1. The summed E-state index contributed by atoms with van der Waals surface area (Å²) in [6, 6.07) is 6.60. The molecule has 2 aromatic heterocycles. The van der Waals surface area contributed by atoms with Crippen molar-refractivity contribution in [3.8, 4) is 0 Å². The minimum absolute atomic E-state index is 0.133. The van der Waals surface area contributed by atoms with E-state index >= 15 is 0 Å². The number of carbonyl (C=O) groups is 1. The third kappa shape index (κ3) is 4.61. The number of hydrogen-bond acceptors (Lipinski definition) is 8. The molecule has 166 valence electrons. The Morgan fingerprint density at radius 3 is 2.71 bits per heavy atom. The number of rotatable bonds is 7. The molecule has 0 bridgehead atoms. The van der Waals surface area contributed by atoms with Gasteiger partial charge in [-0.05, 0) is 32.0 Å². The second kappa shape index (κ2) is 8.99. The van der Waals surface area contributed by atoms with Crippen molar-refractivity contribution in [3.05, 3.63) is 30.0 Å². The van der Waals surface area contributed by atoms with Gasteiger partial charge >= 0.3 is 0 Å². The molecule has 0 aliphatic carbocycles. The summed E-state index contributed by atoms with van der Waals surface area (Å²) in [6.45, 7) is 5.82. The van der Waals surface area contributed by atoms with Crippen molar-refractivity contribution in [1.29, 1.82) is 0 Å². The molecule has 31 heavy (non-hydrogen) atoms. The molecule has 1 amide bonds. The Hall–Kier alpha value is -2.41. The van der Waals surface area contributed by atoms with E-state index in [0.717, 1.165) is 5.52 Å². The van der Waals surface area contributed by atoms with Crippen molar-refractivity contribution in [3.63, 3.8) is 0 Å². The molecule has 0 atom stereocenters. The van der Waals surface area contributed by atoms with Gasteiger partial charge in [-0.15, -0.1) is 0 Å². The molecule has 0 spiro atoms. The standard InChI is InChI=1S/C19H23N5O5S2/c1-3-24-16-5-4-14(31(26,27)23-6-8-28-9-7-23)11-15(16)20-19(24)30-12-18(25)21-17-10-13(2)29-22-17/h4-5,10-11H,3,6-9,12H2,1-2H3,(H,21,22,25). The maximum absolute atomic E-state index is 12.9.